The summed E-state index contributed by atoms with van der Waals surface area (Å²) in [7, 11) is 0. The molecule has 3 heteroatoms. The molecule has 0 aliphatic rings. The van der Waals surface area contributed by atoms with E-state index in [-0.39, 0.29) is 5.82 Å². The lowest BCUT2D eigenvalue weighted by molar-refractivity contribution is 0.295. The van der Waals surface area contributed by atoms with Crippen LogP contribution in [0.2, 0.25) is 0 Å². The fourth-order valence-electron chi connectivity index (χ4n) is 1.41. The molecule has 0 aromatic heterocycles. The largest absolute Gasteiger partial charge is 0.300 e. The van der Waals surface area contributed by atoms with Crippen LogP contribution in [0.4, 0.5) is 4.39 Å². The summed E-state index contributed by atoms with van der Waals surface area (Å²) in [6.07, 6.45) is 0. The van der Waals surface area contributed by atoms with Crippen LogP contribution in [-0.4, -0.2) is 18.0 Å². The van der Waals surface area contributed by atoms with E-state index in [0.717, 1.165) is 29.7 Å². The quantitative estimate of drug-likeness (QED) is 0.801. The number of hydrogen-bond acceptors (Lipinski definition) is 1. The summed E-state index contributed by atoms with van der Waals surface area (Å²) in [6.45, 7) is 7.01. The van der Waals surface area contributed by atoms with Gasteiger partial charge in [0.1, 0.15) is 5.82 Å². The van der Waals surface area contributed by atoms with Gasteiger partial charge >= 0.3 is 0 Å². The second-order valence-electron chi connectivity index (χ2n) is 3.24. The molecular weight excluding hydrogens is 245 g/mol. The lowest BCUT2D eigenvalue weighted by atomic mass is 10.2. The van der Waals surface area contributed by atoms with Crippen molar-refractivity contribution in [1.82, 2.24) is 4.90 Å². The summed E-state index contributed by atoms with van der Waals surface area (Å²) in [6, 6.07) is 5.02. The van der Waals surface area contributed by atoms with Crippen molar-refractivity contribution in [3.05, 3.63) is 34.1 Å². The number of nitrogens with zero attached hydrogens (tertiary/aromatic N) is 1. The summed E-state index contributed by atoms with van der Waals surface area (Å²) >= 11 is 3.29. The van der Waals surface area contributed by atoms with Gasteiger partial charge < -0.3 is 0 Å². The summed E-state index contributed by atoms with van der Waals surface area (Å²) < 4.78 is 13.8. The van der Waals surface area contributed by atoms with Crippen molar-refractivity contribution in [3.63, 3.8) is 0 Å². The zero-order chi connectivity index (χ0) is 10.6. The molecule has 0 atom stereocenters. The van der Waals surface area contributed by atoms with Crippen molar-refractivity contribution < 1.29 is 4.39 Å². The molecular formula is C11H15BrFN. The fraction of sp³-hybridized carbons (Fsp3) is 0.455. The van der Waals surface area contributed by atoms with Gasteiger partial charge in [0.25, 0.3) is 0 Å². The average molecular weight is 260 g/mol. The van der Waals surface area contributed by atoms with E-state index in [9.17, 15) is 4.39 Å². The van der Waals surface area contributed by atoms with E-state index in [1.54, 1.807) is 6.07 Å². The van der Waals surface area contributed by atoms with Gasteiger partial charge in [-0.2, -0.15) is 0 Å². The average Bonchev–Trinajstić information content (AvgIpc) is 2.12. The van der Waals surface area contributed by atoms with E-state index >= 15 is 0 Å². The number of halogens is 2. The first-order valence-corrected chi connectivity index (χ1v) is 5.62. The Bertz CT molecular complexity index is 277. The highest BCUT2D eigenvalue weighted by atomic mass is 79.9. The predicted molar refractivity (Wildman–Crippen MR) is 60.7 cm³/mol. The lowest BCUT2D eigenvalue weighted by Crippen LogP contribution is -2.22. The zero-order valence-corrected chi connectivity index (χ0v) is 10.1. The molecule has 1 aromatic rings. The Hall–Kier alpha value is -0.410. The zero-order valence-electron chi connectivity index (χ0n) is 8.56. The fourth-order valence-corrected chi connectivity index (χ4v) is 1.92. The molecule has 14 heavy (non-hydrogen) atoms. The van der Waals surface area contributed by atoms with Crippen LogP contribution in [0.15, 0.2) is 22.7 Å². The smallest absolute Gasteiger partial charge is 0.124 e. The van der Waals surface area contributed by atoms with E-state index in [1.807, 2.05) is 6.07 Å². The summed E-state index contributed by atoms with van der Waals surface area (Å²) in [4.78, 5) is 2.25. The Balaban J connectivity index is 2.75. The van der Waals surface area contributed by atoms with Crippen LogP contribution in [0.3, 0.4) is 0 Å². The standard InChI is InChI=1S/C11H15BrFN/c1-3-14(4-2)8-9-5-10(12)7-11(13)6-9/h5-7H,3-4,8H2,1-2H3. The second kappa shape index (κ2) is 5.47. The first kappa shape index (κ1) is 11.7. The molecule has 0 amide bonds. The Morgan fingerprint density at radius 2 is 1.86 bits per heavy atom. The highest BCUT2D eigenvalue weighted by Gasteiger charge is 2.03. The van der Waals surface area contributed by atoms with E-state index < -0.39 is 0 Å². The van der Waals surface area contributed by atoms with Crippen molar-refractivity contribution >= 4 is 15.9 Å². The molecule has 0 N–H and O–H groups in total. The molecule has 0 unspecified atom stereocenters. The number of benzene rings is 1. The minimum atomic E-state index is -0.179. The normalized spacial score (nSPS) is 10.9. The maximum absolute atomic E-state index is 13.0. The third-order valence-electron chi connectivity index (χ3n) is 2.22. The topological polar surface area (TPSA) is 3.24 Å². The first-order chi connectivity index (χ1) is 6.65. The van der Waals surface area contributed by atoms with Gasteiger partial charge in [0.05, 0.1) is 0 Å². The highest BCUT2D eigenvalue weighted by molar-refractivity contribution is 9.10. The van der Waals surface area contributed by atoms with Crippen LogP contribution in [0.25, 0.3) is 0 Å². The van der Waals surface area contributed by atoms with Crippen molar-refractivity contribution in [3.8, 4) is 0 Å². The molecule has 0 bridgehead atoms. The van der Waals surface area contributed by atoms with E-state index in [2.05, 4.69) is 34.7 Å². The number of rotatable bonds is 4. The van der Waals surface area contributed by atoms with Crippen LogP contribution in [0.5, 0.6) is 0 Å². The van der Waals surface area contributed by atoms with Gasteiger partial charge in [-0.1, -0.05) is 29.8 Å². The van der Waals surface area contributed by atoms with Gasteiger partial charge in [0, 0.05) is 11.0 Å². The molecule has 0 aliphatic heterocycles. The molecule has 0 saturated carbocycles. The Morgan fingerprint density at radius 3 is 2.36 bits per heavy atom. The first-order valence-electron chi connectivity index (χ1n) is 4.83. The Morgan fingerprint density at radius 1 is 1.21 bits per heavy atom. The van der Waals surface area contributed by atoms with Gasteiger partial charge in [-0.15, -0.1) is 0 Å². The van der Waals surface area contributed by atoms with E-state index in [0.29, 0.717) is 0 Å². The number of hydrogen-bond donors (Lipinski definition) is 0. The molecule has 1 rings (SSSR count). The van der Waals surface area contributed by atoms with Crippen LogP contribution in [-0.2, 0) is 6.54 Å². The van der Waals surface area contributed by atoms with Crippen molar-refractivity contribution in [1.29, 1.82) is 0 Å². The maximum atomic E-state index is 13.0. The predicted octanol–water partition coefficient (Wildman–Crippen LogP) is 3.43. The Labute approximate surface area is 93.0 Å². The molecule has 0 radical (unpaired) electrons. The molecule has 0 aliphatic carbocycles. The van der Waals surface area contributed by atoms with Crippen molar-refractivity contribution in [2.75, 3.05) is 13.1 Å². The van der Waals surface area contributed by atoms with Crippen LogP contribution >= 0.6 is 15.9 Å². The minimum absolute atomic E-state index is 0.179. The van der Waals surface area contributed by atoms with E-state index in [1.165, 1.54) is 6.07 Å². The molecule has 1 aromatic carbocycles. The van der Waals surface area contributed by atoms with Crippen molar-refractivity contribution in [2.24, 2.45) is 0 Å². The molecule has 1 nitrogen and oxygen atoms in total. The van der Waals surface area contributed by atoms with Crippen molar-refractivity contribution in [2.45, 2.75) is 20.4 Å². The van der Waals surface area contributed by atoms with E-state index in [4.69, 9.17) is 0 Å². The summed E-state index contributed by atoms with van der Waals surface area (Å²) in [5.74, 6) is -0.179. The summed E-state index contributed by atoms with van der Waals surface area (Å²) in [5, 5.41) is 0. The second-order valence-corrected chi connectivity index (χ2v) is 4.15. The van der Waals surface area contributed by atoms with Crippen LogP contribution in [0.1, 0.15) is 19.4 Å². The molecule has 0 fully saturated rings. The van der Waals surface area contributed by atoms with Crippen LogP contribution in [0, 0.1) is 5.82 Å². The maximum Gasteiger partial charge on any atom is 0.124 e. The minimum Gasteiger partial charge on any atom is -0.300 e. The van der Waals surface area contributed by atoms with Gasteiger partial charge in [0.15, 0.2) is 0 Å². The molecule has 0 saturated heterocycles. The van der Waals surface area contributed by atoms with Gasteiger partial charge in [-0.3, -0.25) is 4.90 Å². The Kier molecular flexibility index (Phi) is 4.55. The van der Waals surface area contributed by atoms with Crippen LogP contribution < -0.4 is 0 Å². The van der Waals surface area contributed by atoms with Gasteiger partial charge in [-0.05, 0) is 36.9 Å². The highest BCUT2D eigenvalue weighted by Crippen LogP contribution is 2.16. The third-order valence-corrected chi connectivity index (χ3v) is 2.68. The van der Waals surface area contributed by atoms with Gasteiger partial charge in [0.2, 0.25) is 0 Å². The summed E-state index contributed by atoms with van der Waals surface area (Å²) in [5.41, 5.74) is 1.01. The molecule has 0 heterocycles. The third kappa shape index (κ3) is 3.39. The van der Waals surface area contributed by atoms with Gasteiger partial charge in [-0.25, -0.2) is 4.39 Å². The molecule has 78 valence electrons. The lowest BCUT2D eigenvalue weighted by Gasteiger charge is -2.18. The SMILES string of the molecule is CCN(CC)Cc1cc(F)cc(Br)c1. The molecule has 0 spiro atoms. The monoisotopic (exact) mass is 259 g/mol.